The number of anilines is 1. The molecule has 1 atom stereocenters. The number of hydrogen-bond acceptors (Lipinski definition) is 7. The number of benzene rings is 3. The second-order valence-corrected chi connectivity index (χ2v) is 10.4. The average molecular weight is 608 g/mol. The second-order valence-electron chi connectivity index (χ2n) is 7.98. The third-order valence-electron chi connectivity index (χ3n) is 5.46. The Bertz CT molecular complexity index is 1530. The lowest BCUT2D eigenvalue weighted by Gasteiger charge is -2.28. The monoisotopic (exact) mass is 606 g/mol. The summed E-state index contributed by atoms with van der Waals surface area (Å²) in [5.41, 5.74) is 0.419. The van der Waals surface area contributed by atoms with Crippen molar-refractivity contribution in [3.63, 3.8) is 0 Å². The molecule has 1 heterocycles. The smallest absolute Gasteiger partial charge is 0.328 e. The lowest BCUT2D eigenvalue weighted by Crippen LogP contribution is -2.30. The average Bonchev–Trinajstić information content (AvgIpc) is 3.13. The molecule has 3 aromatic carbocycles. The van der Waals surface area contributed by atoms with E-state index < -0.39 is 28.6 Å². The molecule has 39 heavy (non-hydrogen) atoms. The maximum absolute atomic E-state index is 13.5. The highest BCUT2D eigenvalue weighted by molar-refractivity contribution is 8.03. The highest BCUT2D eigenvalue weighted by atomic mass is 35.5. The number of nitro benzene ring substituents is 1. The molecule has 1 unspecified atom stereocenters. The van der Waals surface area contributed by atoms with E-state index >= 15 is 0 Å². The summed E-state index contributed by atoms with van der Waals surface area (Å²) >= 11 is 19.2. The van der Waals surface area contributed by atoms with Crippen molar-refractivity contribution >= 4 is 69.8 Å². The van der Waals surface area contributed by atoms with Gasteiger partial charge in [0.2, 0.25) is 0 Å². The zero-order valence-electron chi connectivity index (χ0n) is 19.6. The van der Waals surface area contributed by atoms with Gasteiger partial charge in [-0.3, -0.25) is 19.8 Å². The van der Waals surface area contributed by atoms with E-state index in [0.29, 0.717) is 10.6 Å². The van der Waals surface area contributed by atoms with Gasteiger partial charge in [0.25, 0.3) is 11.6 Å². The van der Waals surface area contributed by atoms with Gasteiger partial charge in [-0.2, -0.15) is 0 Å². The second kappa shape index (κ2) is 12.0. The fraction of sp³-hybridized carbons (Fsp3) is 0.0769. The summed E-state index contributed by atoms with van der Waals surface area (Å²) in [6.07, 6.45) is 2.19. The van der Waals surface area contributed by atoms with Crippen LogP contribution in [-0.4, -0.2) is 33.6 Å². The molecule has 0 spiro atoms. The Morgan fingerprint density at radius 1 is 1.05 bits per heavy atom. The first-order chi connectivity index (χ1) is 18.6. The number of ether oxygens (including phenoxy) is 1. The van der Waals surface area contributed by atoms with Gasteiger partial charge in [0, 0.05) is 27.2 Å². The van der Waals surface area contributed by atoms with Crippen LogP contribution in [0, 0.1) is 10.1 Å². The van der Waals surface area contributed by atoms with Crippen molar-refractivity contribution < 1.29 is 29.5 Å². The van der Waals surface area contributed by atoms with E-state index in [1.54, 1.807) is 24.3 Å². The SMILES string of the molecule is O=C(O)/C=C/COc1ccc(Cl)cc1N1C(=O)C(O)=C(Sc2ccc(Cl)cc2[N+](=O)[O-])C1c1ccc(Cl)cc1. The minimum absolute atomic E-state index is 0.115. The predicted octanol–water partition coefficient (Wildman–Crippen LogP) is 7.22. The third-order valence-corrected chi connectivity index (χ3v) is 7.38. The highest BCUT2D eigenvalue weighted by Gasteiger charge is 2.43. The molecule has 0 saturated heterocycles. The summed E-state index contributed by atoms with van der Waals surface area (Å²) in [6, 6.07) is 14.1. The van der Waals surface area contributed by atoms with Crippen LogP contribution in [0.3, 0.4) is 0 Å². The standard InChI is InChI=1S/C26H17Cl3N2O7S/c27-15-5-3-14(4-6-15)23-25(39-21-10-8-17(29)13-19(21)31(36)37)24(34)26(35)30(23)18-12-16(28)7-9-20(18)38-11-1-2-22(32)33/h1-10,12-13,23,34H,11H2,(H,32,33)/b2-1+. The number of hydrogen-bond donors (Lipinski definition) is 2. The first-order valence-corrected chi connectivity index (χ1v) is 13.0. The molecule has 0 aliphatic carbocycles. The van der Waals surface area contributed by atoms with Crippen LogP contribution < -0.4 is 9.64 Å². The molecule has 0 bridgehead atoms. The molecule has 1 amide bonds. The predicted molar refractivity (Wildman–Crippen MR) is 149 cm³/mol. The Hall–Kier alpha value is -3.70. The summed E-state index contributed by atoms with van der Waals surface area (Å²) in [5, 5.41) is 32.4. The number of aliphatic hydroxyl groups is 1. The molecule has 4 rings (SSSR count). The molecule has 1 aliphatic rings. The molecule has 1 aliphatic heterocycles. The Morgan fingerprint density at radius 2 is 1.69 bits per heavy atom. The van der Waals surface area contributed by atoms with Crippen LogP contribution in [0.5, 0.6) is 5.75 Å². The summed E-state index contributed by atoms with van der Waals surface area (Å²) in [7, 11) is 0. The molecule has 0 radical (unpaired) electrons. The van der Waals surface area contributed by atoms with Gasteiger partial charge >= 0.3 is 5.97 Å². The fourth-order valence-corrected chi connectivity index (χ4v) is 5.41. The van der Waals surface area contributed by atoms with Crippen molar-refractivity contribution in [3.05, 3.63) is 114 Å². The minimum atomic E-state index is -1.15. The summed E-state index contributed by atoms with van der Waals surface area (Å²) < 4.78 is 5.72. The van der Waals surface area contributed by atoms with E-state index in [-0.39, 0.29) is 43.6 Å². The summed E-state index contributed by atoms with van der Waals surface area (Å²) in [4.78, 5) is 37.0. The van der Waals surface area contributed by atoms with Crippen molar-refractivity contribution in [3.8, 4) is 5.75 Å². The van der Waals surface area contributed by atoms with E-state index in [4.69, 9.17) is 44.6 Å². The van der Waals surface area contributed by atoms with Gasteiger partial charge in [0.05, 0.1) is 26.5 Å². The van der Waals surface area contributed by atoms with Crippen LogP contribution in [0.1, 0.15) is 11.6 Å². The molecule has 0 saturated carbocycles. The number of thioether (sulfide) groups is 1. The highest BCUT2D eigenvalue weighted by Crippen LogP contribution is 2.51. The number of carbonyl (C=O) groups excluding carboxylic acids is 1. The van der Waals surface area contributed by atoms with Gasteiger partial charge in [-0.15, -0.1) is 0 Å². The number of aliphatic hydroxyl groups excluding tert-OH is 1. The van der Waals surface area contributed by atoms with Gasteiger partial charge in [-0.05, 0) is 54.1 Å². The van der Waals surface area contributed by atoms with Gasteiger partial charge in [-0.25, -0.2) is 4.79 Å². The molecule has 3 aromatic rings. The number of halogens is 3. The van der Waals surface area contributed by atoms with Gasteiger partial charge in [-0.1, -0.05) is 58.7 Å². The van der Waals surface area contributed by atoms with Crippen molar-refractivity contribution in [2.24, 2.45) is 0 Å². The largest absolute Gasteiger partial charge is 0.502 e. The van der Waals surface area contributed by atoms with Gasteiger partial charge in [0.1, 0.15) is 12.4 Å². The molecule has 13 heteroatoms. The molecule has 0 aromatic heterocycles. The van der Waals surface area contributed by atoms with E-state index in [1.807, 2.05) is 0 Å². The minimum Gasteiger partial charge on any atom is -0.502 e. The van der Waals surface area contributed by atoms with Gasteiger partial charge < -0.3 is 14.9 Å². The fourth-order valence-electron chi connectivity index (χ4n) is 3.81. The van der Waals surface area contributed by atoms with Crippen LogP contribution in [0.4, 0.5) is 11.4 Å². The number of nitro groups is 1. The normalized spacial score (nSPS) is 15.3. The lowest BCUT2D eigenvalue weighted by atomic mass is 10.1. The topological polar surface area (TPSA) is 130 Å². The number of aliphatic carboxylic acids is 1. The Kier molecular flexibility index (Phi) is 8.71. The first-order valence-electron chi connectivity index (χ1n) is 11.0. The molecule has 200 valence electrons. The number of amides is 1. The van der Waals surface area contributed by atoms with E-state index in [0.717, 1.165) is 17.8 Å². The van der Waals surface area contributed by atoms with E-state index in [9.17, 15) is 24.8 Å². The van der Waals surface area contributed by atoms with Crippen molar-refractivity contribution in [1.29, 1.82) is 0 Å². The third kappa shape index (κ3) is 6.31. The van der Waals surface area contributed by atoms with Crippen molar-refractivity contribution in [1.82, 2.24) is 0 Å². The summed E-state index contributed by atoms with van der Waals surface area (Å²) in [5.74, 6) is -2.40. The summed E-state index contributed by atoms with van der Waals surface area (Å²) in [6.45, 7) is -0.132. The molecule has 9 nitrogen and oxygen atoms in total. The maximum Gasteiger partial charge on any atom is 0.328 e. The first kappa shape index (κ1) is 28.3. The number of nitrogens with zero attached hydrogens (tertiary/aromatic N) is 2. The number of carboxylic acids is 1. The zero-order valence-corrected chi connectivity index (χ0v) is 22.7. The van der Waals surface area contributed by atoms with Crippen LogP contribution in [0.15, 0.2) is 88.4 Å². The van der Waals surface area contributed by atoms with Crippen LogP contribution in [-0.2, 0) is 9.59 Å². The van der Waals surface area contributed by atoms with Crippen molar-refractivity contribution in [2.45, 2.75) is 10.9 Å². The Labute approximate surface area is 241 Å². The van der Waals surface area contributed by atoms with Crippen LogP contribution >= 0.6 is 46.6 Å². The van der Waals surface area contributed by atoms with Gasteiger partial charge in [0.15, 0.2) is 5.76 Å². The number of rotatable bonds is 9. The van der Waals surface area contributed by atoms with Crippen LogP contribution in [0.2, 0.25) is 15.1 Å². The lowest BCUT2D eigenvalue weighted by molar-refractivity contribution is -0.387. The quantitative estimate of drug-likeness (QED) is 0.148. The molecule has 0 fully saturated rings. The number of carboxylic acid groups (broad SMARTS) is 1. The maximum atomic E-state index is 13.5. The number of carbonyl (C=O) groups is 2. The molecular weight excluding hydrogens is 591 g/mol. The van der Waals surface area contributed by atoms with E-state index in [2.05, 4.69) is 0 Å². The molecular formula is C26H17Cl3N2O7S. The van der Waals surface area contributed by atoms with E-state index in [1.165, 1.54) is 47.4 Å². The zero-order chi connectivity index (χ0) is 28.3. The van der Waals surface area contributed by atoms with Crippen molar-refractivity contribution in [2.75, 3.05) is 11.5 Å². The Balaban J connectivity index is 1.83. The van der Waals surface area contributed by atoms with Crippen LogP contribution in [0.25, 0.3) is 0 Å². The molecule has 2 N–H and O–H groups in total. The Morgan fingerprint density at radius 3 is 2.36 bits per heavy atom.